The van der Waals surface area contributed by atoms with Crippen molar-refractivity contribution in [3.63, 3.8) is 0 Å². The van der Waals surface area contributed by atoms with Crippen molar-refractivity contribution in [2.45, 2.75) is 19.5 Å². The molecule has 0 saturated carbocycles. The normalized spacial score (nSPS) is 18.4. The molecule has 1 fully saturated rings. The van der Waals surface area contributed by atoms with Gasteiger partial charge in [0.25, 0.3) is 5.91 Å². The summed E-state index contributed by atoms with van der Waals surface area (Å²) in [4.78, 5) is 22.2. The number of amides is 1. The lowest BCUT2D eigenvalue weighted by molar-refractivity contribution is 0.0339. The molecule has 2 aliphatic rings. The summed E-state index contributed by atoms with van der Waals surface area (Å²) in [5, 5.41) is 1.95. The Kier molecular flexibility index (Phi) is 4.60. The number of nitrogens with zero attached hydrogens (tertiary/aromatic N) is 3. The molecule has 0 aromatic carbocycles. The maximum absolute atomic E-state index is 12.6. The fourth-order valence-electron chi connectivity index (χ4n) is 3.43. The standard InChI is InChI=1S/C18H21N3O2S/c22-18(17-2-1-9-24-17)21-4-3-16-14(10-19-11-15(16)13-21)12-20-5-7-23-8-6-20/h1-2,9-11H,3-8,12-13H2. The topological polar surface area (TPSA) is 45.7 Å². The molecule has 4 heterocycles. The zero-order valence-electron chi connectivity index (χ0n) is 13.6. The van der Waals surface area contributed by atoms with Gasteiger partial charge in [0, 0.05) is 45.1 Å². The van der Waals surface area contributed by atoms with Crippen molar-refractivity contribution < 1.29 is 9.53 Å². The van der Waals surface area contributed by atoms with Gasteiger partial charge >= 0.3 is 0 Å². The zero-order valence-corrected chi connectivity index (χ0v) is 14.4. The highest BCUT2D eigenvalue weighted by Crippen LogP contribution is 2.25. The molecule has 5 nitrogen and oxygen atoms in total. The minimum Gasteiger partial charge on any atom is -0.379 e. The van der Waals surface area contributed by atoms with Gasteiger partial charge in [-0.05, 0) is 34.6 Å². The molecule has 0 spiro atoms. The van der Waals surface area contributed by atoms with Gasteiger partial charge in [-0.2, -0.15) is 0 Å². The second kappa shape index (κ2) is 7.01. The monoisotopic (exact) mass is 343 g/mol. The zero-order chi connectivity index (χ0) is 16.4. The SMILES string of the molecule is O=C(c1cccs1)N1CCc2c(CN3CCOCC3)cncc2C1. The van der Waals surface area contributed by atoms with Crippen molar-refractivity contribution in [2.75, 3.05) is 32.8 Å². The van der Waals surface area contributed by atoms with Gasteiger partial charge in [0.05, 0.1) is 18.1 Å². The number of fused-ring (bicyclic) bond motifs is 1. The number of pyridine rings is 1. The van der Waals surface area contributed by atoms with Crippen LogP contribution >= 0.6 is 11.3 Å². The number of aromatic nitrogens is 1. The molecule has 1 saturated heterocycles. The first-order valence-corrected chi connectivity index (χ1v) is 9.27. The first kappa shape index (κ1) is 15.7. The third-order valence-corrected chi connectivity index (χ3v) is 5.60. The van der Waals surface area contributed by atoms with E-state index in [9.17, 15) is 4.79 Å². The van der Waals surface area contributed by atoms with E-state index >= 15 is 0 Å². The van der Waals surface area contributed by atoms with Crippen molar-refractivity contribution in [1.82, 2.24) is 14.8 Å². The third-order valence-electron chi connectivity index (χ3n) is 4.75. The highest BCUT2D eigenvalue weighted by atomic mass is 32.1. The summed E-state index contributed by atoms with van der Waals surface area (Å²) < 4.78 is 5.43. The molecule has 126 valence electrons. The molecule has 0 aliphatic carbocycles. The first-order chi connectivity index (χ1) is 11.8. The van der Waals surface area contributed by atoms with Gasteiger partial charge in [-0.1, -0.05) is 6.07 Å². The molecule has 0 atom stereocenters. The Bertz CT molecular complexity index is 711. The van der Waals surface area contributed by atoms with Crippen LogP contribution in [0.5, 0.6) is 0 Å². The van der Waals surface area contributed by atoms with Gasteiger partial charge in [-0.15, -0.1) is 11.3 Å². The Morgan fingerprint density at radius 3 is 2.92 bits per heavy atom. The molecule has 2 aromatic heterocycles. The summed E-state index contributed by atoms with van der Waals surface area (Å²) in [7, 11) is 0. The van der Waals surface area contributed by atoms with Crippen molar-refractivity contribution in [3.05, 3.63) is 51.5 Å². The summed E-state index contributed by atoms with van der Waals surface area (Å²) in [5.41, 5.74) is 3.88. The van der Waals surface area contributed by atoms with E-state index in [0.717, 1.165) is 50.7 Å². The molecule has 0 radical (unpaired) electrons. The van der Waals surface area contributed by atoms with Gasteiger partial charge < -0.3 is 9.64 Å². The fourth-order valence-corrected chi connectivity index (χ4v) is 4.12. The second-order valence-corrected chi connectivity index (χ2v) is 7.23. The summed E-state index contributed by atoms with van der Waals surface area (Å²) >= 11 is 1.51. The van der Waals surface area contributed by atoms with Gasteiger partial charge in [0.15, 0.2) is 0 Å². The summed E-state index contributed by atoms with van der Waals surface area (Å²) in [6, 6.07) is 3.83. The Morgan fingerprint density at radius 2 is 2.12 bits per heavy atom. The number of ether oxygens (including phenoxy) is 1. The Balaban J connectivity index is 1.50. The summed E-state index contributed by atoms with van der Waals surface area (Å²) in [6.07, 6.45) is 4.83. The van der Waals surface area contributed by atoms with Crippen LogP contribution in [-0.4, -0.2) is 53.5 Å². The van der Waals surface area contributed by atoms with E-state index in [1.54, 1.807) is 0 Å². The smallest absolute Gasteiger partial charge is 0.264 e. The van der Waals surface area contributed by atoms with Crippen LogP contribution < -0.4 is 0 Å². The van der Waals surface area contributed by atoms with E-state index in [1.165, 1.54) is 28.0 Å². The predicted octanol–water partition coefficient (Wildman–Crippen LogP) is 2.17. The lowest BCUT2D eigenvalue weighted by atomic mass is 9.96. The van der Waals surface area contributed by atoms with Crippen LogP contribution in [0.3, 0.4) is 0 Å². The summed E-state index contributed by atoms with van der Waals surface area (Å²) in [5.74, 6) is 0.134. The van der Waals surface area contributed by atoms with Gasteiger partial charge in [0.2, 0.25) is 0 Å². The van der Waals surface area contributed by atoms with Crippen LogP contribution in [0.2, 0.25) is 0 Å². The molecule has 0 bridgehead atoms. The third kappa shape index (κ3) is 3.22. The molecule has 2 aliphatic heterocycles. The number of rotatable bonds is 3. The van der Waals surface area contributed by atoms with E-state index in [0.29, 0.717) is 6.54 Å². The number of carbonyl (C=O) groups excluding carboxylic acids is 1. The number of thiophene rings is 1. The number of morpholine rings is 1. The molecule has 0 N–H and O–H groups in total. The van der Waals surface area contributed by atoms with Crippen molar-refractivity contribution in [3.8, 4) is 0 Å². The molecule has 0 unspecified atom stereocenters. The molecular weight excluding hydrogens is 322 g/mol. The molecule has 2 aromatic rings. The lowest BCUT2D eigenvalue weighted by Gasteiger charge is -2.31. The number of hydrogen-bond acceptors (Lipinski definition) is 5. The Morgan fingerprint density at radius 1 is 1.25 bits per heavy atom. The van der Waals surface area contributed by atoms with E-state index in [4.69, 9.17) is 4.74 Å². The van der Waals surface area contributed by atoms with Crippen LogP contribution in [0, 0.1) is 0 Å². The van der Waals surface area contributed by atoms with Crippen LogP contribution in [0.25, 0.3) is 0 Å². The average molecular weight is 343 g/mol. The van der Waals surface area contributed by atoms with Crippen LogP contribution in [0.15, 0.2) is 29.9 Å². The summed E-state index contributed by atoms with van der Waals surface area (Å²) in [6.45, 7) is 5.95. The van der Waals surface area contributed by atoms with Crippen molar-refractivity contribution >= 4 is 17.2 Å². The van der Waals surface area contributed by atoms with Crippen LogP contribution in [-0.2, 0) is 24.2 Å². The van der Waals surface area contributed by atoms with Gasteiger partial charge in [0.1, 0.15) is 0 Å². The first-order valence-electron chi connectivity index (χ1n) is 8.39. The van der Waals surface area contributed by atoms with Crippen LogP contribution in [0.1, 0.15) is 26.4 Å². The minimum absolute atomic E-state index is 0.134. The fraction of sp³-hybridized carbons (Fsp3) is 0.444. The molecule has 24 heavy (non-hydrogen) atoms. The van der Waals surface area contributed by atoms with E-state index in [2.05, 4.69) is 9.88 Å². The minimum atomic E-state index is 0.134. The highest BCUT2D eigenvalue weighted by molar-refractivity contribution is 7.12. The van der Waals surface area contributed by atoms with E-state index in [-0.39, 0.29) is 5.91 Å². The van der Waals surface area contributed by atoms with E-state index < -0.39 is 0 Å². The van der Waals surface area contributed by atoms with E-state index in [1.807, 2.05) is 34.8 Å². The molecule has 6 heteroatoms. The number of hydrogen-bond donors (Lipinski definition) is 0. The molecular formula is C18H21N3O2S. The van der Waals surface area contributed by atoms with Gasteiger partial charge in [-0.25, -0.2) is 0 Å². The highest BCUT2D eigenvalue weighted by Gasteiger charge is 2.25. The average Bonchev–Trinajstić information content (AvgIpc) is 3.16. The molecule has 4 rings (SSSR count). The maximum Gasteiger partial charge on any atom is 0.264 e. The maximum atomic E-state index is 12.6. The van der Waals surface area contributed by atoms with Gasteiger partial charge in [-0.3, -0.25) is 14.7 Å². The Labute approximate surface area is 145 Å². The van der Waals surface area contributed by atoms with Crippen molar-refractivity contribution in [2.24, 2.45) is 0 Å². The quantitative estimate of drug-likeness (QED) is 0.857. The number of carbonyl (C=O) groups is 1. The molecule has 1 amide bonds. The van der Waals surface area contributed by atoms with Crippen molar-refractivity contribution in [1.29, 1.82) is 0 Å². The lowest BCUT2D eigenvalue weighted by Crippen LogP contribution is -2.38. The largest absolute Gasteiger partial charge is 0.379 e. The second-order valence-electron chi connectivity index (χ2n) is 6.28. The van der Waals surface area contributed by atoms with Crippen LogP contribution in [0.4, 0.5) is 0 Å². The predicted molar refractivity (Wildman–Crippen MR) is 93.1 cm³/mol. The Hall–Kier alpha value is -1.76.